The minimum atomic E-state index is 0.723. The number of nitrogens with zero attached hydrogens (tertiary/aromatic N) is 3. The van der Waals surface area contributed by atoms with Gasteiger partial charge in [-0.2, -0.15) is 5.10 Å². The fourth-order valence-corrected chi connectivity index (χ4v) is 1.34. The van der Waals surface area contributed by atoms with Crippen LogP contribution in [0.25, 0.3) is 11.3 Å². The molecule has 0 aromatic carbocycles. The number of pyridine rings is 1. The van der Waals surface area contributed by atoms with Crippen molar-refractivity contribution in [1.29, 1.82) is 0 Å². The molecule has 2 heterocycles. The van der Waals surface area contributed by atoms with Crippen molar-refractivity contribution in [1.82, 2.24) is 14.8 Å². The van der Waals surface area contributed by atoms with E-state index in [1.165, 1.54) is 0 Å². The van der Waals surface area contributed by atoms with Gasteiger partial charge in [-0.15, -0.1) is 0 Å². The topological polar surface area (TPSA) is 56.7 Å². The van der Waals surface area contributed by atoms with Crippen molar-refractivity contribution in [3.63, 3.8) is 0 Å². The number of hydrogen-bond donors (Lipinski definition) is 1. The molecule has 4 heteroatoms. The molecule has 0 unspecified atom stereocenters. The standard InChI is InChI=1S/C10H12N4/c1-7-3-4-12-10(9(7)11)8-5-13-14(2)6-8/h3-6H,11H2,1-2H3. The highest BCUT2D eigenvalue weighted by molar-refractivity contribution is 5.73. The first-order valence-corrected chi connectivity index (χ1v) is 4.38. The van der Waals surface area contributed by atoms with Crippen LogP contribution in [-0.2, 0) is 7.05 Å². The number of aryl methyl sites for hydroxylation is 2. The zero-order valence-corrected chi connectivity index (χ0v) is 8.23. The Morgan fingerprint density at radius 1 is 1.43 bits per heavy atom. The van der Waals surface area contributed by atoms with Gasteiger partial charge in [0.25, 0.3) is 0 Å². The average Bonchev–Trinajstić information content (AvgIpc) is 2.57. The van der Waals surface area contributed by atoms with Crippen molar-refractivity contribution in [3.8, 4) is 11.3 Å². The van der Waals surface area contributed by atoms with Crippen LogP contribution in [0.15, 0.2) is 24.7 Å². The van der Waals surface area contributed by atoms with E-state index in [0.29, 0.717) is 0 Å². The van der Waals surface area contributed by atoms with Crippen LogP contribution >= 0.6 is 0 Å². The third kappa shape index (κ3) is 1.35. The zero-order valence-electron chi connectivity index (χ0n) is 8.23. The molecule has 0 aliphatic carbocycles. The number of aromatic nitrogens is 3. The van der Waals surface area contributed by atoms with Gasteiger partial charge in [0.15, 0.2) is 0 Å². The van der Waals surface area contributed by atoms with Crippen LogP contribution in [0.5, 0.6) is 0 Å². The second kappa shape index (κ2) is 3.14. The predicted molar refractivity (Wildman–Crippen MR) is 55.6 cm³/mol. The molecule has 4 nitrogen and oxygen atoms in total. The molecule has 0 atom stereocenters. The molecule has 14 heavy (non-hydrogen) atoms. The van der Waals surface area contributed by atoms with Gasteiger partial charge in [-0.1, -0.05) is 0 Å². The van der Waals surface area contributed by atoms with E-state index in [-0.39, 0.29) is 0 Å². The Balaban J connectivity index is 2.57. The molecule has 0 spiro atoms. The van der Waals surface area contributed by atoms with Crippen LogP contribution in [0.3, 0.4) is 0 Å². The third-order valence-corrected chi connectivity index (χ3v) is 2.19. The fourth-order valence-electron chi connectivity index (χ4n) is 1.34. The quantitative estimate of drug-likeness (QED) is 0.735. The highest BCUT2D eigenvalue weighted by Gasteiger charge is 2.07. The summed E-state index contributed by atoms with van der Waals surface area (Å²) >= 11 is 0. The van der Waals surface area contributed by atoms with Crippen LogP contribution in [-0.4, -0.2) is 14.8 Å². The molecule has 2 rings (SSSR count). The summed E-state index contributed by atoms with van der Waals surface area (Å²) in [5.41, 5.74) is 9.44. The van der Waals surface area contributed by atoms with Crippen LogP contribution in [0.4, 0.5) is 5.69 Å². The van der Waals surface area contributed by atoms with E-state index in [0.717, 1.165) is 22.5 Å². The Labute approximate surface area is 82.4 Å². The van der Waals surface area contributed by atoms with E-state index in [2.05, 4.69) is 10.1 Å². The van der Waals surface area contributed by atoms with Crippen molar-refractivity contribution in [3.05, 3.63) is 30.2 Å². The number of nitrogens with two attached hydrogens (primary N) is 1. The average molecular weight is 188 g/mol. The normalized spacial score (nSPS) is 10.4. The van der Waals surface area contributed by atoms with Gasteiger partial charge in [0.05, 0.1) is 17.6 Å². The van der Waals surface area contributed by atoms with Gasteiger partial charge in [-0.3, -0.25) is 9.67 Å². The minimum Gasteiger partial charge on any atom is -0.397 e. The van der Waals surface area contributed by atoms with E-state index < -0.39 is 0 Å². The SMILES string of the molecule is Cc1ccnc(-c2cnn(C)c2)c1N. The first-order valence-electron chi connectivity index (χ1n) is 4.38. The number of anilines is 1. The summed E-state index contributed by atoms with van der Waals surface area (Å²) in [4.78, 5) is 4.24. The van der Waals surface area contributed by atoms with Crippen LogP contribution < -0.4 is 5.73 Å². The Bertz CT molecular complexity index is 459. The maximum atomic E-state index is 5.92. The monoisotopic (exact) mass is 188 g/mol. The summed E-state index contributed by atoms with van der Waals surface area (Å²) in [6.07, 6.45) is 5.42. The van der Waals surface area contributed by atoms with Gasteiger partial charge in [0.2, 0.25) is 0 Å². The zero-order chi connectivity index (χ0) is 10.1. The smallest absolute Gasteiger partial charge is 0.0965 e. The number of nitrogen functional groups attached to an aromatic ring is 1. The molecule has 0 amide bonds. The molecule has 0 saturated heterocycles. The maximum Gasteiger partial charge on any atom is 0.0965 e. The van der Waals surface area contributed by atoms with E-state index >= 15 is 0 Å². The molecule has 0 aliphatic heterocycles. The lowest BCUT2D eigenvalue weighted by atomic mass is 10.1. The van der Waals surface area contributed by atoms with Gasteiger partial charge >= 0.3 is 0 Å². The maximum absolute atomic E-state index is 5.92. The predicted octanol–water partition coefficient (Wildman–Crippen LogP) is 1.37. The molecule has 0 radical (unpaired) electrons. The second-order valence-corrected chi connectivity index (χ2v) is 3.29. The van der Waals surface area contributed by atoms with Gasteiger partial charge in [-0.25, -0.2) is 0 Å². The summed E-state index contributed by atoms with van der Waals surface area (Å²) in [6, 6.07) is 1.90. The van der Waals surface area contributed by atoms with E-state index in [9.17, 15) is 0 Å². The van der Waals surface area contributed by atoms with Crippen LogP contribution in [0.2, 0.25) is 0 Å². The molecule has 2 aromatic heterocycles. The summed E-state index contributed by atoms with van der Waals surface area (Å²) in [6.45, 7) is 1.97. The highest BCUT2D eigenvalue weighted by Crippen LogP contribution is 2.24. The van der Waals surface area contributed by atoms with Crippen molar-refractivity contribution in [2.24, 2.45) is 7.05 Å². The summed E-state index contributed by atoms with van der Waals surface area (Å²) in [5.74, 6) is 0. The highest BCUT2D eigenvalue weighted by atomic mass is 15.2. The molecule has 0 aliphatic rings. The summed E-state index contributed by atoms with van der Waals surface area (Å²) in [5, 5.41) is 4.08. The lowest BCUT2D eigenvalue weighted by Gasteiger charge is -2.03. The van der Waals surface area contributed by atoms with Crippen molar-refractivity contribution in [2.45, 2.75) is 6.92 Å². The Hall–Kier alpha value is -1.84. The van der Waals surface area contributed by atoms with Crippen LogP contribution in [0.1, 0.15) is 5.56 Å². The summed E-state index contributed by atoms with van der Waals surface area (Å²) in [7, 11) is 1.87. The van der Waals surface area contributed by atoms with Gasteiger partial charge < -0.3 is 5.73 Å². The first kappa shape index (κ1) is 8.74. The van der Waals surface area contributed by atoms with Gasteiger partial charge in [0.1, 0.15) is 0 Å². The summed E-state index contributed by atoms with van der Waals surface area (Å²) < 4.78 is 1.73. The third-order valence-electron chi connectivity index (χ3n) is 2.19. The molecule has 2 N–H and O–H groups in total. The van der Waals surface area contributed by atoms with Crippen molar-refractivity contribution >= 4 is 5.69 Å². The molecule has 0 fully saturated rings. The second-order valence-electron chi connectivity index (χ2n) is 3.29. The van der Waals surface area contributed by atoms with Crippen molar-refractivity contribution < 1.29 is 0 Å². The molecule has 72 valence electrons. The molecular weight excluding hydrogens is 176 g/mol. The van der Waals surface area contributed by atoms with E-state index in [1.807, 2.05) is 26.2 Å². The Morgan fingerprint density at radius 2 is 2.21 bits per heavy atom. The Morgan fingerprint density at radius 3 is 2.86 bits per heavy atom. The Kier molecular flexibility index (Phi) is 1.96. The van der Waals surface area contributed by atoms with Gasteiger partial charge in [0, 0.05) is 25.0 Å². The van der Waals surface area contributed by atoms with Gasteiger partial charge in [-0.05, 0) is 18.6 Å². The first-order chi connectivity index (χ1) is 6.68. The molecule has 0 bridgehead atoms. The molecular formula is C10H12N4. The fraction of sp³-hybridized carbons (Fsp3) is 0.200. The molecule has 2 aromatic rings. The van der Waals surface area contributed by atoms with Crippen LogP contribution in [0, 0.1) is 6.92 Å². The lowest BCUT2D eigenvalue weighted by molar-refractivity contribution is 0.768. The number of hydrogen-bond acceptors (Lipinski definition) is 3. The molecule has 0 saturated carbocycles. The van der Waals surface area contributed by atoms with E-state index in [1.54, 1.807) is 17.1 Å². The largest absolute Gasteiger partial charge is 0.397 e. The lowest BCUT2D eigenvalue weighted by Crippen LogP contribution is -1.95. The van der Waals surface area contributed by atoms with Crippen molar-refractivity contribution in [2.75, 3.05) is 5.73 Å². The van der Waals surface area contributed by atoms with E-state index in [4.69, 9.17) is 5.73 Å². The minimum absolute atomic E-state index is 0.723. The number of rotatable bonds is 1.